The zero-order valence-corrected chi connectivity index (χ0v) is 23.2. The second-order valence-corrected chi connectivity index (χ2v) is 10.8. The summed E-state index contributed by atoms with van der Waals surface area (Å²) in [6.07, 6.45) is 4.21. The maximum absolute atomic E-state index is 5.17. The summed E-state index contributed by atoms with van der Waals surface area (Å²) >= 11 is 0. The van der Waals surface area contributed by atoms with Crippen LogP contribution in [0.1, 0.15) is 73.7 Å². The summed E-state index contributed by atoms with van der Waals surface area (Å²) in [4.78, 5) is 9.58. The Morgan fingerprint density at radius 3 is 2.58 bits per heavy atom. The average Bonchev–Trinajstić information content (AvgIpc) is 3.47. The number of pyridine rings is 2. The molecule has 6 rings (SSSR count). The van der Waals surface area contributed by atoms with Crippen LogP contribution in [0.4, 0.5) is 0 Å². The number of nitrogens with zero attached hydrogens (tertiary/aromatic N) is 5. The Bertz CT molecular complexity index is 1330. The molecule has 6 heteroatoms. The summed E-state index contributed by atoms with van der Waals surface area (Å²) < 4.78 is 0. The summed E-state index contributed by atoms with van der Waals surface area (Å²) in [7, 11) is 0. The Hall–Kier alpha value is -2.62. The van der Waals surface area contributed by atoms with Crippen LogP contribution >= 0.6 is 0 Å². The van der Waals surface area contributed by atoms with E-state index in [2.05, 4.69) is 74.3 Å². The van der Waals surface area contributed by atoms with Crippen LogP contribution in [0.5, 0.6) is 0 Å². The van der Waals surface area contributed by atoms with Crippen molar-refractivity contribution in [3.8, 4) is 11.4 Å². The predicted octanol–water partition coefficient (Wildman–Crippen LogP) is 6.37. The zero-order valence-electron chi connectivity index (χ0n) is 21.0. The molecule has 5 nitrogen and oxygen atoms in total. The summed E-state index contributed by atoms with van der Waals surface area (Å²) in [6, 6.07) is 22.8. The molecule has 2 aliphatic rings. The minimum absolute atomic E-state index is 0. The minimum atomic E-state index is 0. The van der Waals surface area contributed by atoms with Crippen molar-refractivity contribution in [2.24, 2.45) is 5.41 Å². The van der Waals surface area contributed by atoms with E-state index in [9.17, 15) is 0 Å². The van der Waals surface area contributed by atoms with Crippen molar-refractivity contribution in [2.75, 3.05) is 6.54 Å². The number of hydrogen-bond donors (Lipinski definition) is 0. The van der Waals surface area contributed by atoms with Crippen molar-refractivity contribution < 1.29 is 21.1 Å². The van der Waals surface area contributed by atoms with Gasteiger partial charge in [0.1, 0.15) is 0 Å². The number of hydrogen-bond acceptors (Lipinski definition) is 3. The molecule has 0 N–H and O–H groups in total. The SMILES string of the molecule is CC12CCC(c3c1n[n-]c3-c1cccc(C(C[N-]Cc3ccccn3)c3ccccc3)n1)C2(C)C.[Pt+2]. The van der Waals surface area contributed by atoms with Gasteiger partial charge in [-0.05, 0) is 59.6 Å². The van der Waals surface area contributed by atoms with Crippen LogP contribution in [0.3, 0.4) is 0 Å². The maximum Gasteiger partial charge on any atom is 2.00 e. The van der Waals surface area contributed by atoms with Gasteiger partial charge in [-0.15, -0.1) is 13.1 Å². The molecule has 36 heavy (non-hydrogen) atoms. The van der Waals surface area contributed by atoms with Crippen molar-refractivity contribution in [1.82, 2.24) is 20.2 Å². The quantitative estimate of drug-likeness (QED) is 0.232. The van der Waals surface area contributed by atoms with Gasteiger partial charge < -0.3 is 15.5 Å². The molecule has 1 saturated carbocycles. The number of fused-ring (bicyclic) bond motifs is 5. The van der Waals surface area contributed by atoms with Crippen LogP contribution in [0.25, 0.3) is 16.7 Å². The van der Waals surface area contributed by atoms with E-state index >= 15 is 0 Å². The summed E-state index contributed by atoms with van der Waals surface area (Å²) in [5.74, 6) is 0.567. The molecular formula is C30H31N5Pt. The largest absolute Gasteiger partial charge is 2.00 e. The molecule has 3 aromatic heterocycles. The van der Waals surface area contributed by atoms with Crippen molar-refractivity contribution in [2.45, 2.75) is 57.4 Å². The molecule has 2 bridgehead atoms. The molecule has 0 amide bonds. The fraction of sp³-hybridized carbons (Fsp3) is 0.367. The van der Waals surface area contributed by atoms with Gasteiger partial charge in [-0.1, -0.05) is 68.9 Å². The van der Waals surface area contributed by atoms with E-state index < -0.39 is 0 Å². The molecular weight excluding hydrogens is 625 g/mol. The first kappa shape index (κ1) is 25.0. The van der Waals surface area contributed by atoms with Crippen molar-refractivity contribution in [3.63, 3.8) is 0 Å². The monoisotopic (exact) mass is 656 g/mol. The van der Waals surface area contributed by atoms with Gasteiger partial charge in [0, 0.05) is 34.6 Å². The Kier molecular flexibility index (Phi) is 6.74. The van der Waals surface area contributed by atoms with Gasteiger partial charge in [0.2, 0.25) is 0 Å². The van der Waals surface area contributed by atoms with Gasteiger partial charge >= 0.3 is 21.1 Å². The molecule has 0 radical (unpaired) electrons. The molecule has 4 aromatic rings. The van der Waals surface area contributed by atoms with E-state index in [0.717, 1.165) is 22.8 Å². The maximum atomic E-state index is 5.17. The third-order valence-electron chi connectivity index (χ3n) is 8.74. The molecule has 2 aliphatic carbocycles. The first-order chi connectivity index (χ1) is 17.0. The van der Waals surface area contributed by atoms with Gasteiger partial charge in [-0.2, -0.15) is 0 Å². The second kappa shape index (κ2) is 9.68. The van der Waals surface area contributed by atoms with Crippen molar-refractivity contribution in [1.29, 1.82) is 0 Å². The van der Waals surface area contributed by atoms with E-state index in [-0.39, 0.29) is 37.8 Å². The van der Waals surface area contributed by atoms with Gasteiger partial charge in [-0.25, -0.2) is 0 Å². The first-order valence-corrected chi connectivity index (χ1v) is 12.6. The summed E-state index contributed by atoms with van der Waals surface area (Å²) in [5, 5.41) is 14.3. The molecule has 1 aromatic carbocycles. The van der Waals surface area contributed by atoms with Gasteiger partial charge in [0.05, 0.1) is 5.69 Å². The number of aromatic nitrogens is 4. The van der Waals surface area contributed by atoms with E-state index in [0.29, 0.717) is 19.0 Å². The summed E-state index contributed by atoms with van der Waals surface area (Å²) in [6.45, 7) is 8.41. The normalized spacial score (nSPS) is 22.1. The van der Waals surface area contributed by atoms with Crippen molar-refractivity contribution in [3.05, 3.63) is 106 Å². The third-order valence-corrected chi connectivity index (χ3v) is 8.74. The molecule has 3 unspecified atom stereocenters. The molecule has 3 heterocycles. The van der Waals surface area contributed by atoms with E-state index in [1.54, 1.807) is 0 Å². The standard InChI is InChI=1S/C30H31N5.Pt/c1-29(2)23-15-16-30(29,3)28-26(23)27(34-35-28)25-14-9-13-24(33-25)22(20-10-5-4-6-11-20)19-31-18-21-12-7-8-17-32-21;/h4-14,17,22-23H,15-16,18-19H2,1-3H3;/q-2;+2. The Balaban J connectivity index is 0.00000267. The molecule has 186 valence electrons. The second-order valence-electron chi connectivity index (χ2n) is 10.8. The van der Waals surface area contributed by atoms with Crippen molar-refractivity contribution >= 4 is 0 Å². The number of benzene rings is 1. The molecule has 1 fully saturated rings. The van der Waals surface area contributed by atoms with Crippen LogP contribution in [-0.4, -0.2) is 21.6 Å². The Morgan fingerprint density at radius 2 is 1.81 bits per heavy atom. The van der Waals surface area contributed by atoms with Gasteiger partial charge in [-0.3, -0.25) is 9.97 Å². The average molecular weight is 657 g/mol. The fourth-order valence-electron chi connectivity index (χ4n) is 6.31. The van der Waals surface area contributed by atoms with Crippen LogP contribution in [0.2, 0.25) is 0 Å². The fourth-order valence-corrected chi connectivity index (χ4v) is 6.31. The molecule has 3 atom stereocenters. The number of rotatable bonds is 7. The van der Waals surface area contributed by atoms with E-state index in [1.165, 1.54) is 29.7 Å². The third kappa shape index (κ3) is 3.97. The molecule has 0 aliphatic heterocycles. The van der Waals surface area contributed by atoms with Gasteiger partial charge in [0.15, 0.2) is 0 Å². The smallest absolute Gasteiger partial charge is 0.656 e. The van der Waals surface area contributed by atoms with Crippen LogP contribution < -0.4 is 5.10 Å². The van der Waals surface area contributed by atoms with E-state index in [4.69, 9.17) is 20.5 Å². The predicted molar refractivity (Wildman–Crippen MR) is 138 cm³/mol. The van der Waals surface area contributed by atoms with Crippen LogP contribution in [-0.2, 0) is 33.0 Å². The van der Waals surface area contributed by atoms with Gasteiger partial charge in [0.25, 0.3) is 0 Å². The van der Waals surface area contributed by atoms with E-state index in [1.807, 2.05) is 24.4 Å². The topological polar surface area (TPSA) is 66.9 Å². The first-order valence-electron chi connectivity index (χ1n) is 12.6. The van der Waals surface area contributed by atoms with Crippen LogP contribution in [0.15, 0.2) is 72.9 Å². The zero-order chi connectivity index (χ0) is 24.0. The van der Waals surface area contributed by atoms with Crippen LogP contribution in [0, 0.1) is 5.41 Å². The Labute approximate surface area is 227 Å². The Morgan fingerprint density at radius 1 is 1.00 bits per heavy atom. The molecule has 0 spiro atoms. The molecule has 0 saturated heterocycles. The minimum Gasteiger partial charge on any atom is -0.656 e. The summed E-state index contributed by atoms with van der Waals surface area (Å²) in [5.41, 5.74) is 7.96.